The van der Waals surface area contributed by atoms with Crippen LogP contribution in [0.1, 0.15) is 11.8 Å². The van der Waals surface area contributed by atoms with Crippen molar-refractivity contribution in [2.75, 3.05) is 11.1 Å². The molecule has 0 saturated carbocycles. The number of rotatable bonds is 6. The number of phenolic OH excluding ortho intramolecular Hbond substituents is 1. The highest BCUT2D eigenvalue weighted by Crippen LogP contribution is 2.28. The third-order valence-corrected chi connectivity index (χ3v) is 5.63. The first kappa shape index (κ1) is 18.9. The maximum absolute atomic E-state index is 12.1. The highest BCUT2D eigenvalue weighted by molar-refractivity contribution is 7.99. The summed E-state index contributed by atoms with van der Waals surface area (Å²) >= 11 is 2.45. The number of hydrogen-bond acceptors (Lipinski definition) is 8. The molecule has 0 bridgehead atoms. The van der Waals surface area contributed by atoms with Crippen molar-refractivity contribution in [2.24, 2.45) is 0 Å². The van der Waals surface area contributed by atoms with E-state index in [0.29, 0.717) is 15.4 Å². The summed E-state index contributed by atoms with van der Waals surface area (Å²) in [5, 5.41) is 23.7. The number of benzene rings is 1. The Balaban J connectivity index is 1.71. The molecule has 9 nitrogen and oxygen atoms in total. The second-order valence-corrected chi connectivity index (χ2v) is 7.53. The van der Waals surface area contributed by atoms with E-state index < -0.39 is 10.8 Å². The molecular weight excluding hydrogens is 392 g/mol. The van der Waals surface area contributed by atoms with Gasteiger partial charge in [-0.05, 0) is 18.6 Å². The number of nitro groups is 1. The number of thiophene rings is 1. The lowest BCUT2D eigenvalue weighted by molar-refractivity contribution is -0.384. The molecule has 0 fully saturated rings. The molecule has 0 saturated heterocycles. The molecule has 1 amide bonds. The standard InChI is InChI=1S/C16H14N4O5S2/c1-2-9-6-10-14(23)18-16(19-15(10)27-9)26-7-13(22)17-11-5-8(20(24)25)3-4-12(11)21/h3-6,21H,2,7H2,1H3,(H,17,22)(H,18,19,23). The van der Waals surface area contributed by atoms with Gasteiger partial charge >= 0.3 is 0 Å². The number of nitro benzene ring substituents is 1. The molecule has 11 heteroatoms. The van der Waals surface area contributed by atoms with Gasteiger partial charge in [0.15, 0.2) is 5.16 Å². The first-order chi connectivity index (χ1) is 12.9. The molecule has 3 aromatic rings. The molecule has 3 N–H and O–H groups in total. The van der Waals surface area contributed by atoms with Crippen LogP contribution in [0, 0.1) is 10.1 Å². The van der Waals surface area contributed by atoms with E-state index in [9.17, 15) is 24.8 Å². The Bertz CT molecular complexity index is 1090. The van der Waals surface area contributed by atoms with Crippen LogP contribution in [0.15, 0.2) is 34.2 Å². The van der Waals surface area contributed by atoms with Crippen LogP contribution in [0.5, 0.6) is 5.75 Å². The van der Waals surface area contributed by atoms with Gasteiger partial charge in [-0.1, -0.05) is 18.7 Å². The summed E-state index contributed by atoms with van der Waals surface area (Å²) in [4.78, 5) is 43.0. The summed E-state index contributed by atoms with van der Waals surface area (Å²) in [6.45, 7) is 1.99. The number of aryl methyl sites for hydroxylation is 1. The molecule has 0 aliphatic carbocycles. The van der Waals surface area contributed by atoms with Crippen LogP contribution in [0.2, 0.25) is 0 Å². The van der Waals surface area contributed by atoms with Crippen LogP contribution in [0.4, 0.5) is 11.4 Å². The van der Waals surface area contributed by atoms with Crippen LogP contribution in [-0.4, -0.2) is 31.7 Å². The lowest BCUT2D eigenvalue weighted by Crippen LogP contribution is -2.15. The lowest BCUT2D eigenvalue weighted by Gasteiger charge is -2.07. The van der Waals surface area contributed by atoms with E-state index >= 15 is 0 Å². The number of carbonyl (C=O) groups excluding carboxylic acids is 1. The van der Waals surface area contributed by atoms with E-state index in [0.717, 1.165) is 41.3 Å². The van der Waals surface area contributed by atoms with Gasteiger partial charge in [-0.15, -0.1) is 11.3 Å². The molecule has 27 heavy (non-hydrogen) atoms. The van der Waals surface area contributed by atoms with E-state index in [2.05, 4.69) is 15.3 Å². The van der Waals surface area contributed by atoms with Crippen molar-refractivity contribution < 1.29 is 14.8 Å². The van der Waals surface area contributed by atoms with Crippen LogP contribution < -0.4 is 10.9 Å². The van der Waals surface area contributed by atoms with Gasteiger partial charge in [-0.3, -0.25) is 19.7 Å². The van der Waals surface area contributed by atoms with E-state index in [1.807, 2.05) is 6.92 Å². The number of H-pyrrole nitrogens is 1. The number of carbonyl (C=O) groups is 1. The van der Waals surface area contributed by atoms with Crippen molar-refractivity contribution in [3.63, 3.8) is 0 Å². The number of amides is 1. The number of nitrogens with one attached hydrogen (secondary N) is 2. The third kappa shape index (κ3) is 4.26. The predicted octanol–water partition coefficient (Wildman–Crippen LogP) is 2.89. The van der Waals surface area contributed by atoms with Crippen molar-refractivity contribution in [2.45, 2.75) is 18.5 Å². The fourth-order valence-electron chi connectivity index (χ4n) is 2.26. The second-order valence-electron chi connectivity index (χ2n) is 5.45. The van der Waals surface area contributed by atoms with Crippen molar-refractivity contribution >= 4 is 50.6 Å². The summed E-state index contributed by atoms with van der Waals surface area (Å²) in [6, 6.07) is 5.14. The predicted molar refractivity (Wildman–Crippen MR) is 104 cm³/mol. The van der Waals surface area contributed by atoms with E-state index in [1.54, 1.807) is 6.07 Å². The van der Waals surface area contributed by atoms with Crippen molar-refractivity contribution in [1.29, 1.82) is 0 Å². The van der Waals surface area contributed by atoms with Gasteiger partial charge in [0.25, 0.3) is 11.2 Å². The number of fused-ring (bicyclic) bond motifs is 1. The average Bonchev–Trinajstić information content (AvgIpc) is 3.05. The monoisotopic (exact) mass is 406 g/mol. The number of anilines is 1. The van der Waals surface area contributed by atoms with Crippen LogP contribution in [-0.2, 0) is 11.2 Å². The number of aromatic amines is 1. The van der Waals surface area contributed by atoms with Gasteiger partial charge in [0.05, 0.1) is 21.7 Å². The Hall–Kier alpha value is -2.92. The number of aromatic hydroxyl groups is 1. The van der Waals surface area contributed by atoms with Gasteiger partial charge < -0.3 is 15.4 Å². The largest absolute Gasteiger partial charge is 0.506 e. The second kappa shape index (κ2) is 7.76. The zero-order chi connectivity index (χ0) is 19.6. The van der Waals surface area contributed by atoms with E-state index in [-0.39, 0.29) is 28.4 Å². The smallest absolute Gasteiger partial charge is 0.271 e. The Morgan fingerprint density at radius 3 is 2.93 bits per heavy atom. The molecule has 2 heterocycles. The Morgan fingerprint density at radius 2 is 2.22 bits per heavy atom. The minimum atomic E-state index is -0.626. The molecule has 1 aromatic carbocycles. The lowest BCUT2D eigenvalue weighted by atomic mass is 10.2. The molecule has 140 valence electrons. The molecule has 0 atom stereocenters. The highest BCUT2D eigenvalue weighted by atomic mass is 32.2. The first-order valence-electron chi connectivity index (χ1n) is 7.80. The molecule has 0 aliphatic rings. The van der Waals surface area contributed by atoms with Crippen LogP contribution in [0.25, 0.3) is 10.2 Å². The molecular formula is C16H14N4O5S2. The third-order valence-electron chi connectivity index (χ3n) is 3.59. The molecule has 3 rings (SSSR count). The van der Waals surface area contributed by atoms with Gasteiger partial charge in [-0.25, -0.2) is 4.98 Å². The summed E-state index contributed by atoms with van der Waals surface area (Å²) in [6.07, 6.45) is 0.804. The molecule has 0 radical (unpaired) electrons. The first-order valence-corrected chi connectivity index (χ1v) is 9.60. The Kier molecular flexibility index (Phi) is 5.42. The number of aromatic nitrogens is 2. The fraction of sp³-hybridized carbons (Fsp3) is 0.188. The van der Waals surface area contributed by atoms with Gasteiger partial charge in [0.2, 0.25) is 5.91 Å². The van der Waals surface area contributed by atoms with E-state index in [1.165, 1.54) is 11.3 Å². The highest BCUT2D eigenvalue weighted by Gasteiger charge is 2.14. The maximum atomic E-state index is 12.1. The normalized spacial score (nSPS) is 10.9. The number of non-ortho nitro benzene ring substituents is 1. The zero-order valence-electron chi connectivity index (χ0n) is 14.0. The number of nitrogens with zero attached hydrogens (tertiary/aromatic N) is 2. The Labute approximate surface area is 160 Å². The summed E-state index contributed by atoms with van der Waals surface area (Å²) in [5.41, 5.74) is -0.579. The number of thioether (sulfide) groups is 1. The summed E-state index contributed by atoms with van der Waals surface area (Å²) in [7, 11) is 0. The summed E-state index contributed by atoms with van der Waals surface area (Å²) < 4.78 is 0. The molecule has 2 aromatic heterocycles. The SMILES string of the molecule is CCc1cc2c(=O)[nH]c(SCC(=O)Nc3cc([N+](=O)[O-])ccc3O)nc2s1. The quantitative estimate of drug-likeness (QED) is 0.188. The van der Waals surface area contributed by atoms with Crippen LogP contribution >= 0.6 is 23.1 Å². The minimum absolute atomic E-state index is 0.0578. The number of hydrogen-bond donors (Lipinski definition) is 3. The average molecular weight is 406 g/mol. The zero-order valence-corrected chi connectivity index (χ0v) is 15.6. The van der Waals surface area contributed by atoms with Crippen molar-refractivity contribution in [3.05, 3.63) is 49.6 Å². The van der Waals surface area contributed by atoms with E-state index in [4.69, 9.17) is 0 Å². The topological polar surface area (TPSA) is 138 Å². The molecule has 0 spiro atoms. The fourth-order valence-corrected chi connectivity index (χ4v) is 3.95. The minimum Gasteiger partial charge on any atom is -0.506 e. The van der Waals surface area contributed by atoms with Crippen molar-refractivity contribution in [1.82, 2.24) is 9.97 Å². The van der Waals surface area contributed by atoms with Crippen LogP contribution in [0.3, 0.4) is 0 Å². The Morgan fingerprint density at radius 1 is 1.44 bits per heavy atom. The number of phenols is 1. The molecule has 0 aliphatic heterocycles. The van der Waals surface area contributed by atoms with Gasteiger partial charge in [0, 0.05) is 17.0 Å². The maximum Gasteiger partial charge on any atom is 0.271 e. The van der Waals surface area contributed by atoms with Crippen molar-refractivity contribution in [3.8, 4) is 5.75 Å². The summed E-state index contributed by atoms with van der Waals surface area (Å²) in [5.74, 6) is -0.876. The molecule has 0 unspecified atom stereocenters. The van der Waals surface area contributed by atoms with Gasteiger partial charge in [0.1, 0.15) is 10.6 Å². The van der Waals surface area contributed by atoms with Gasteiger partial charge in [-0.2, -0.15) is 0 Å².